The summed E-state index contributed by atoms with van der Waals surface area (Å²) in [6.45, 7) is 9.83. The van der Waals surface area contributed by atoms with E-state index in [2.05, 4.69) is 0 Å². The molecular weight excluding hydrogens is 420 g/mol. The molecular formula is C27H28O6. The summed E-state index contributed by atoms with van der Waals surface area (Å²) in [7, 11) is 1.59. The Hall–Kier alpha value is -3.25. The van der Waals surface area contributed by atoms with Crippen molar-refractivity contribution < 1.29 is 23.7 Å². The molecule has 0 aliphatic carbocycles. The van der Waals surface area contributed by atoms with Gasteiger partial charge in [0.2, 0.25) is 5.43 Å². The molecule has 3 aromatic rings. The van der Waals surface area contributed by atoms with Crippen molar-refractivity contribution in [2.45, 2.75) is 58.3 Å². The molecule has 1 N–H and O–H groups in total. The fourth-order valence-corrected chi connectivity index (χ4v) is 4.44. The average Bonchev–Trinajstić information content (AvgIpc) is 3.36. The van der Waals surface area contributed by atoms with E-state index in [0.29, 0.717) is 45.8 Å². The molecule has 2 aliphatic rings. The number of benzene rings is 2. The second kappa shape index (κ2) is 7.12. The van der Waals surface area contributed by atoms with Gasteiger partial charge in [0.1, 0.15) is 34.5 Å². The van der Waals surface area contributed by atoms with Gasteiger partial charge in [0.25, 0.3) is 0 Å². The fraction of sp³-hybridized carbons (Fsp3) is 0.370. The molecule has 1 saturated heterocycles. The summed E-state index contributed by atoms with van der Waals surface area (Å²) in [5.74, 6) is 1.09. The number of hydrogen-bond donors (Lipinski definition) is 1. The van der Waals surface area contributed by atoms with Crippen molar-refractivity contribution in [2.75, 3.05) is 7.11 Å². The second-order valence-corrected chi connectivity index (χ2v) is 9.89. The molecule has 1 atom stereocenters. The van der Waals surface area contributed by atoms with Gasteiger partial charge in [-0.3, -0.25) is 4.79 Å². The minimum Gasteiger partial charge on any atom is -0.507 e. The van der Waals surface area contributed by atoms with Crippen LogP contribution in [0.5, 0.6) is 17.2 Å². The van der Waals surface area contributed by atoms with E-state index in [1.165, 1.54) is 6.26 Å². The zero-order valence-electron chi connectivity index (χ0n) is 19.7. The summed E-state index contributed by atoms with van der Waals surface area (Å²) >= 11 is 0. The topological polar surface area (TPSA) is 81.4 Å². The van der Waals surface area contributed by atoms with Crippen LogP contribution >= 0.6 is 0 Å². The number of epoxide rings is 1. The van der Waals surface area contributed by atoms with Crippen LogP contribution in [0.15, 0.2) is 39.7 Å². The lowest BCUT2D eigenvalue weighted by molar-refractivity contribution is 0.156. The molecule has 1 fully saturated rings. The average molecular weight is 449 g/mol. The first-order chi connectivity index (χ1) is 15.5. The van der Waals surface area contributed by atoms with E-state index in [1.54, 1.807) is 13.2 Å². The molecule has 2 aromatic carbocycles. The van der Waals surface area contributed by atoms with Crippen molar-refractivity contribution in [3.63, 3.8) is 0 Å². The van der Waals surface area contributed by atoms with Gasteiger partial charge in [-0.05, 0) is 64.0 Å². The predicted octanol–water partition coefficient (Wildman–Crippen LogP) is 5.39. The maximum absolute atomic E-state index is 13.7. The van der Waals surface area contributed by atoms with E-state index >= 15 is 0 Å². The molecule has 6 nitrogen and oxygen atoms in total. The van der Waals surface area contributed by atoms with E-state index in [4.69, 9.17) is 18.6 Å². The largest absolute Gasteiger partial charge is 0.507 e. The Morgan fingerprint density at radius 1 is 1.18 bits per heavy atom. The van der Waals surface area contributed by atoms with Crippen molar-refractivity contribution in [3.05, 3.63) is 57.5 Å². The van der Waals surface area contributed by atoms with Crippen LogP contribution in [0.1, 0.15) is 44.4 Å². The number of phenols is 1. The van der Waals surface area contributed by atoms with Gasteiger partial charge >= 0.3 is 0 Å². The summed E-state index contributed by atoms with van der Waals surface area (Å²) in [5.41, 5.74) is 2.36. The van der Waals surface area contributed by atoms with Crippen LogP contribution in [0.2, 0.25) is 0 Å². The van der Waals surface area contributed by atoms with Gasteiger partial charge in [0.05, 0.1) is 29.9 Å². The zero-order chi connectivity index (χ0) is 23.7. The van der Waals surface area contributed by atoms with Crippen LogP contribution in [0, 0.1) is 6.92 Å². The number of fused-ring (bicyclic) bond motifs is 3. The van der Waals surface area contributed by atoms with Crippen molar-refractivity contribution in [1.82, 2.24) is 0 Å². The number of methoxy groups -OCH3 is 1. The highest BCUT2D eigenvalue weighted by Gasteiger charge is 2.48. The van der Waals surface area contributed by atoms with E-state index in [1.807, 2.05) is 58.9 Å². The number of hydrogen-bond acceptors (Lipinski definition) is 6. The van der Waals surface area contributed by atoms with Crippen molar-refractivity contribution in [1.29, 1.82) is 0 Å². The Kier molecular flexibility index (Phi) is 4.66. The Morgan fingerprint density at radius 3 is 2.58 bits per heavy atom. The van der Waals surface area contributed by atoms with Crippen LogP contribution in [-0.4, -0.2) is 29.5 Å². The molecule has 0 bridgehead atoms. The lowest BCUT2D eigenvalue weighted by Gasteiger charge is -2.30. The third kappa shape index (κ3) is 3.49. The van der Waals surface area contributed by atoms with Gasteiger partial charge in [-0.15, -0.1) is 0 Å². The van der Waals surface area contributed by atoms with Gasteiger partial charge in [-0.25, -0.2) is 0 Å². The second-order valence-electron chi connectivity index (χ2n) is 9.89. The van der Waals surface area contributed by atoms with Crippen molar-refractivity contribution >= 4 is 17.0 Å². The van der Waals surface area contributed by atoms with E-state index < -0.39 is 5.60 Å². The number of ether oxygens (including phenoxy) is 3. The number of phenolic OH excluding ortho intramolecular Hbond substituents is 1. The van der Waals surface area contributed by atoms with Gasteiger partial charge in [0, 0.05) is 12.0 Å². The van der Waals surface area contributed by atoms with Gasteiger partial charge in [-0.1, -0.05) is 12.1 Å². The van der Waals surface area contributed by atoms with Crippen LogP contribution in [0.4, 0.5) is 0 Å². The molecule has 0 radical (unpaired) electrons. The summed E-state index contributed by atoms with van der Waals surface area (Å²) < 4.78 is 23.4. The SMILES string of the molecule is COc1cc(-c2coc3c4c(c(CC5OC5(C)C)c(O)c3c2=O)OC(C)(C)C=C4)ccc1C. The molecule has 6 heteroatoms. The van der Waals surface area contributed by atoms with Gasteiger partial charge < -0.3 is 23.7 Å². The van der Waals surface area contributed by atoms with E-state index in [0.717, 1.165) is 5.56 Å². The maximum atomic E-state index is 13.7. The minimum absolute atomic E-state index is 0.0702. The zero-order valence-corrected chi connectivity index (χ0v) is 19.7. The molecule has 33 heavy (non-hydrogen) atoms. The first-order valence-electron chi connectivity index (χ1n) is 11.1. The summed E-state index contributed by atoms with van der Waals surface area (Å²) in [5, 5.41) is 11.5. The van der Waals surface area contributed by atoms with Gasteiger partial charge in [0.15, 0.2) is 5.58 Å². The third-order valence-electron chi connectivity index (χ3n) is 6.57. The van der Waals surface area contributed by atoms with Crippen LogP contribution in [-0.2, 0) is 11.2 Å². The predicted molar refractivity (Wildman–Crippen MR) is 127 cm³/mol. The highest BCUT2D eigenvalue weighted by Crippen LogP contribution is 2.48. The number of aryl methyl sites for hydroxylation is 1. The number of aromatic hydroxyl groups is 1. The molecule has 3 heterocycles. The highest BCUT2D eigenvalue weighted by molar-refractivity contribution is 5.97. The molecule has 1 unspecified atom stereocenters. The first-order valence-corrected chi connectivity index (χ1v) is 11.1. The van der Waals surface area contributed by atoms with E-state index in [-0.39, 0.29) is 28.3 Å². The minimum atomic E-state index is -0.555. The smallest absolute Gasteiger partial charge is 0.204 e. The first kappa shape index (κ1) is 21.6. The molecule has 2 aliphatic heterocycles. The normalized spacial score (nSPS) is 19.8. The summed E-state index contributed by atoms with van der Waals surface area (Å²) in [6.07, 6.45) is 5.63. The van der Waals surface area contributed by atoms with E-state index in [9.17, 15) is 9.90 Å². The maximum Gasteiger partial charge on any atom is 0.204 e. The lowest BCUT2D eigenvalue weighted by Crippen LogP contribution is -2.28. The quantitative estimate of drug-likeness (QED) is 0.539. The Bertz CT molecular complexity index is 1380. The molecule has 0 spiro atoms. The molecule has 1 aromatic heterocycles. The fourth-order valence-electron chi connectivity index (χ4n) is 4.44. The molecule has 0 amide bonds. The standard InChI is InChI=1S/C27H28O6/c1-14-7-8-15(11-19(14)30-6)18-13-31-25-16-9-10-26(2,3)33-24(16)17(12-20-27(4,5)32-20)22(28)21(25)23(18)29/h7-11,13,20,28H,12H2,1-6H3. The van der Waals surface area contributed by atoms with Gasteiger partial charge in [-0.2, -0.15) is 0 Å². The molecule has 5 rings (SSSR count). The van der Waals surface area contributed by atoms with Crippen molar-refractivity contribution in [3.8, 4) is 28.4 Å². The van der Waals surface area contributed by atoms with Crippen LogP contribution < -0.4 is 14.9 Å². The third-order valence-corrected chi connectivity index (χ3v) is 6.57. The highest BCUT2D eigenvalue weighted by atomic mass is 16.6. The van der Waals surface area contributed by atoms with Crippen LogP contribution in [0.3, 0.4) is 0 Å². The molecule has 172 valence electrons. The Labute approximate surface area is 192 Å². The lowest BCUT2D eigenvalue weighted by atomic mass is 9.92. The number of rotatable bonds is 4. The molecule has 0 saturated carbocycles. The Morgan fingerprint density at radius 2 is 1.91 bits per heavy atom. The van der Waals surface area contributed by atoms with Crippen molar-refractivity contribution in [2.24, 2.45) is 0 Å². The summed E-state index contributed by atoms with van der Waals surface area (Å²) in [4.78, 5) is 13.7. The van der Waals surface area contributed by atoms with Crippen LogP contribution in [0.25, 0.3) is 28.2 Å². The Balaban J connectivity index is 1.76. The summed E-state index contributed by atoms with van der Waals surface area (Å²) in [6, 6.07) is 5.54. The monoisotopic (exact) mass is 448 g/mol.